The number of fused-ring (bicyclic) bond motifs is 5. The van der Waals surface area contributed by atoms with Crippen LogP contribution in [0.25, 0.3) is 0 Å². The molecule has 5 nitrogen and oxygen atoms in total. The monoisotopic (exact) mass is 464 g/mol. The summed E-state index contributed by atoms with van der Waals surface area (Å²) < 4.78 is 0. The van der Waals surface area contributed by atoms with Crippen molar-refractivity contribution in [3.05, 3.63) is 95.1 Å². The van der Waals surface area contributed by atoms with E-state index >= 15 is 0 Å². The first-order valence-electron chi connectivity index (χ1n) is 12.3. The van der Waals surface area contributed by atoms with Crippen molar-refractivity contribution in [3.63, 3.8) is 0 Å². The smallest absolute Gasteiger partial charge is 0.255 e. The number of anilines is 2. The lowest BCUT2D eigenvalue weighted by Gasteiger charge is -2.28. The third kappa shape index (κ3) is 3.41. The van der Waals surface area contributed by atoms with Gasteiger partial charge in [0.15, 0.2) is 0 Å². The molecule has 0 spiro atoms. The molecule has 3 fully saturated rings. The quantitative estimate of drug-likeness (QED) is 0.520. The third-order valence-electron chi connectivity index (χ3n) is 8.33. The molecule has 3 aliphatic rings. The second kappa shape index (κ2) is 8.19. The van der Waals surface area contributed by atoms with E-state index in [9.17, 15) is 14.4 Å². The number of amides is 3. The zero-order valence-electron chi connectivity index (χ0n) is 19.9. The molecule has 0 radical (unpaired) electrons. The van der Waals surface area contributed by atoms with Gasteiger partial charge in [-0.15, -0.1) is 0 Å². The fourth-order valence-electron chi connectivity index (χ4n) is 6.78. The highest BCUT2D eigenvalue weighted by Crippen LogP contribution is 2.61. The number of para-hydroxylation sites is 1. The lowest BCUT2D eigenvalue weighted by molar-refractivity contribution is -0.123. The fraction of sp³-hybridized carbons (Fsp3) is 0.300. The van der Waals surface area contributed by atoms with Gasteiger partial charge in [0.1, 0.15) is 0 Å². The van der Waals surface area contributed by atoms with E-state index in [2.05, 4.69) is 17.4 Å². The van der Waals surface area contributed by atoms with Crippen LogP contribution in [0.4, 0.5) is 11.4 Å². The van der Waals surface area contributed by atoms with Gasteiger partial charge in [0.25, 0.3) is 5.91 Å². The van der Waals surface area contributed by atoms with Crippen LogP contribution < -0.4 is 10.2 Å². The Balaban J connectivity index is 1.27. The van der Waals surface area contributed by atoms with Gasteiger partial charge in [-0.25, -0.2) is 0 Å². The van der Waals surface area contributed by atoms with E-state index < -0.39 is 0 Å². The summed E-state index contributed by atoms with van der Waals surface area (Å²) in [5.74, 6) is -0.206. The Morgan fingerprint density at radius 1 is 0.829 bits per heavy atom. The minimum atomic E-state index is -0.265. The zero-order chi connectivity index (χ0) is 24.3. The predicted octanol–water partition coefficient (Wildman–Crippen LogP) is 5.48. The normalized spacial score (nSPS) is 26.8. The number of nitrogens with one attached hydrogen (secondary N) is 1. The Morgan fingerprint density at radius 3 is 2.26 bits per heavy atom. The summed E-state index contributed by atoms with van der Waals surface area (Å²) in [7, 11) is 0. The summed E-state index contributed by atoms with van der Waals surface area (Å²) in [5.41, 5.74) is 4.93. The van der Waals surface area contributed by atoms with Crippen molar-refractivity contribution >= 4 is 29.1 Å². The van der Waals surface area contributed by atoms with Crippen LogP contribution in [0.5, 0.6) is 0 Å². The van der Waals surface area contributed by atoms with Crippen molar-refractivity contribution in [2.45, 2.75) is 32.6 Å². The third-order valence-corrected chi connectivity index (χ3v) is 8.33. The molecule has 1 heterocycles. The molecule has 3 aromatic carbocycles. The number of hydrogen-bond acceptors (Lipinski definition) is 3. The van der Waals surface area contributed by atoms with Crippen LogP contribution in [-0.4, -0.2) is 17.7 Å². The fourth-order valence-corrected chi connectivity index (χ4v) is 6.78. The Morgan fingerprint density at radius 2 is 1.51 bits per heavy atom. The summed E-state index contributed by atoms with van der Waals surface area (Å²) in [6.45, 7) is 3.91. The van der Waals surface area contributed by atoms with Gasteiger partial charge < -0.3 is 5.32 Å². The highest BCUT2D eigenvalue weighted by Gasteiger charge is 2.64. The van der Waals surface area contributed by atoms with Crippen molar-refractivity contribution in [1.82, 2.24) is 0 Å². The van der Waals surface area contributed by atoms with Crippen LogP contribution in [0.1, 0.15) is 45.8 Å². The summed E-state index contributed by atoms with van der Waals surface area (Å²) in [5, 5.41) is 3.00. The standard InChI is InChI=1S/C30H28N2O3/c1-17-8-6-9-18(2)27(17)31-28(33)20-12-7-13-22(14-20)32-29(34)25-21-15-23(19-10-4-3-5-11-19)24(16-21)26(25)30(32)35/h3-14,21,23-26H,15-16H2,1-2H3,(H,31,33). The van der Waals surface area contributed by atoms with Gasteiger partial charge >= 0.3 is 0 Å². The number of aryl methyl sites for hydroxylation is 2. The molecular formula is C30H28N2O3. The van der Waals surface area contributed by atoms with Crippen molar-refractivity contribution in [2.24, 2.45) is 23.7 Å². The topological polar surface area (TPSA) is 66.5 Å². The molecule has 0 aromatic heterocycles. The van der Waals surface area contributed by atoms with E-state index in [4.69, 9.17) is 0 Å². The molecule has 2 aliphatic carbocycles. The molecule has 5 heteroatoms. The van der Waals surface area contributed by atoms with Crippen LogP contribution in [0, 0.1) is 37.5 Å². The number of imide groups is 1. The SMILES string of the molecule is Cc1cccc(C)c1NC(=O)c1cccc(N2C(=O)C3C4CC(c5ccccc5)C(C4)C3C2=O)c1. The molecule has 2 bridgehead atoms. The largest absolute Gasteiger partial charge is 0.322 e. The molecule has 1 aliphatic heterocycles. The van der Waals surface area contributed by atoms with Gasteiger partial charge in [0.05, 0.1) is 17.5 Å². The van der Waals surface area contributed by atoms with Crippen LogP contribution in [0.15, 0.2) is 72.8 Å². The number of nitrogens with zero attached hydrogens (tertiary/aromatic N) is 1. The maximum atomic E-state index is 13.6. The number of hydrogen-bond donors (Lipinski definition) is 1. The second-order valence-electron chi connectivity index (χ2n) is 10.2. The van der Waals surface area contributed by atoms with Crippen molar-refractivity contribution < 1.29 is 14.4 Å². The molecular weight excluding hydrogens is 436 g/mol. The van der Waals surface area contributed by atoms with E-state index in [-0.39, 0.29) is 41.4 Å². The molecule has 176 valence electrons. The maximum absolute atomic E-state index is 13.6. The van der Waals surface area contributed by atoms with Crippen LogP contribution >= 0.6 is 0 Å². The van der Waals surface area contributed by atoms with Gasteiger partial charge in [-0.1, -0.05) is 54.6 Å². The van der Waals surface area contributed by atoms with E-state index in [0.717, 1.165) is 29.7 Å². The zero-order valence-corrected chi connectivity index (χ0v) is 19.9. The highest BCUT2D eigenvalue weighted by molar-refractivity contribution is 6.23. The molecule has 35 heavy (non-hydrogen) atoms. The number of rotatable bonds is 4. The van der Waals surface area contributed by atoms with Crippen LogP contribution in [-0.2, 0) is 9.59 Å². The Kier molecular flexibility index (Phi) is 5.10. The highest BCUT2D eigenvalue weighted by atomic mass is 16.2. The van der Waals surface area contributed by atoms with Crippen molar-refractivity contribution in [3.8, 4) is 0 Å². The minimum absolute atomic E-state index is 0.105. The molecule has 1 saturated heterocycles. The van der Waals surface area contributed by atoms with Gasteiger partial charge in [-0.2, -0.15) is 0 Å². The lowest BCUT2D eigenvalue weighted by Crippen LogP contribution is -2.33. The summed E-state index contributed by atoms with van der Waals surface area (Å²) >= 11 is 0. The molecule has 6 rings (SSSR count). The Labute approximate surface area is 205 Å². The predicted molar refractivity (Wildman–Crippen MR) is 135 cm³/mol. The van der Waals surface area contributed by atoms with Crippen LogP contribution in [0.2, 0.25) is 0 Å². The first-order chi connectivity index (χ1) is 16.9. The Hall–Kier alpha value is -3.73. The van der Waals surface area contributed by atoms with Gasteiger partial charge in [-0.05, 0) is 79.3 Å². The summed E-state index contributed by atoms with van der Waals surface area (Å²) in [6, 6.07) is 23.1. The molecule has 3 aromatic rings. The van der Waals surface area contributed by atoms with Crippen molar-refractivity contribution in [2.75, 3.05) is 10.2 Å². The second-order valence-corrected chi connectivity index (χ2v) is 10.2. The van der Waals surface area contributed by atoms with Gasteiger partial charge in [0, 0.05) is 11.3 Å². The van der Waals surface area contributed by atoms with Crippen molar-refractivity contribution in [1.29, 1.82) is 0 Å². The summed E-state index contributed by atoms with van der Waals surface area (Å²) in [4.78, 5) is 41.5. The van der Waals surface area contributed by atoms with Gasteiger partial charge in [0.2, 0.25) is 11.8 Å². The molecule has 5 unspecified atom stereocenters. The number of benzene rings is 3. The molecule has 3 amide bonds. The Bertz CT molecular complexity index is 1330. The minimum Gasteiger partial charge on any atom is -0.322 e. The molecule has 5 atom stereocenters. The maximum Gasteiger partial charge on any atom is 0.255 e. The van der Waals surface area contributed by atoms with E-state index in [1.54, 1.807) is 24.3 Å². The average Bonchev–Trinajstić information content (AvgIpc) is 3.53. The molecule has 2 saturated carbocycles. The number of carbonyl (C=O) groups is 3. The van der Waals surface area contributed by atoms with E-state index in [1.807, 2.05) is 50.2 Å². The summed E-state index contributed by atoms with van der Waals surface area (Å²) in [6.07, 6.45) is 1.90. The first kappa shape index (κ1) is 21.8. The van der Waals surface area contributed by atoms with Gasteiger partial charge in [-0.3, -0.25) is 19.3 Å². The average molecular weight is 465 g/mol. The van der Waals surface area contributed by atoms with E-state index in [1.165, 1.54) is 10.5 Å². The van der Waals surface area contributed by atoms with E-state index in [0.29, 0.717) is 17.2 Å². The van der Waals surface area contributed by atoms with Crippen LogP contribution in [0.3, 0.4) is 0 Å². The lowest BCUT2D eigenvalue weighted by atomic mass is 9.73. The first-order valence-corrected chi connectivity index (χ1v) is 12.3. The number of carbonyl (C=O) groups excluding carboxylic acids is 3. The molecule has 1 N–H and O–H groups in total.